The first-order valence-corrected chi connectivity index (χ1v) is 17.8. The second-order valence-electron chi connectivity index (χ2n) is 13.5. The molecule has 0 saturated heterocycles. The van der Waals surface area contributed by atoms with Crippen LogP contribution in [-0.2, 0) is 11.3 Å². The van der Waals surface area contributed by atoms with E-state index in [1.807, 2.05) is 42.5 Å². The highest BCUT2D eigenvalue weighted by atomic mass is 16.5. The van der Waals surface area contributed by atoms with Crippen molar-refractivity contribution in [2.75, 3.05) is 20.3 Å². The lowest BCUT2D eigenvalue weighted by molar-refractivity contribution is 0.103. The highest BCUT2D eigenvalue weighted by Gasteiger charge is 2.24. The highest BCUT2D eigenvalue weighted by Crippen LogP contribution is 2.39. The first-order chi connectivity index (χ1) is 24.3. The molecule has 0 bridgehead atoms. The summed E-state index contributed by atoms with van der Waals surface area (Å²) in [5.41, 5.74) is 8.95. The minimum absolute atomic E-state index is 0.0975. The molecule has 1 heterocycles. The molecule has 0 saturated carbocycles. The second-order valence-corrected chi connectivity index (χ2v) is 13.5. The molecule has 0 spiro atoms. The minimum atomic E-state index is -0.0975. The molecule has 1 atom stereocenters. The lowest BCUT2D eigenvalue weighted by Gasteiger charge is -2.19. The summed E-state index contributed by atoms with van der Waals surface area (Å²) in [5, 5.41) is 18.8. The van der Waals surface area contributed by atoms with Crippen molar-refractivity contribution in [1.82, 2.24) is 4.57 Å². The lowest BCUT2D eigenvalue weighted by Crippen LogP contribution is -2.11. The maximum absolute atomic E-state index is 14.2. The fraction of sp³-hybridized carbons (Fsp3) is 0.318. The fourth-order valence-electron chi connectivity index (χ4n) is 7.63. The van der Waals surface area contributed by atoms with E-state index in [4.69, 9.17) is 9.47 Å². The van der Waals surface area contributed by atoms with E-state index in [-0.39, 0.29) is 5.78 Å². The number of nitrogens with zero attached hydrogens (tertiary/aromatic N) is 2. The van der Waals surface area contributed by atoms with Crippen LogP contribution in [0.5, 0.6) is 5.75 Å². The van der Waals surface area contributed by atoms with E-state index in [2.05, 4.69) is 86.8 Å². The van der Waals surface area contributed by atoms with E-state index in [1.54, 1.807) is 7.11 Å². The first kappa shape index (κ1) is 34.9. The number of benzene rings is 5. The van der Waals surface area contributed by atoms with Gasteiger partial charge in [0.2, 0.25) is 0 Å². The van der Waals surface area contributed by atoms with Gasteiger partial charge in [0, 0.05) is 52.0 Å². The molecule has 6 rings (SSSR count). The van der Waals surface area contributed by atoms with Gasteiger partial charge in [-0.05, 0) is 86.0 Å². The van der Waals surface area contributed by atoms with Crippen LogP contribution in [-0.4, -0.2) is 41.6 Å². The zero-order valence-corrected chi connectivity index (χ0v) is 30.2. The van der Waals surface area contributed by atoms with Crippen LogP contribution in [0.15, 0.2) is 90.1 Å². The predicted molar refractivity (Wildman–Crippen MR) is 206 cm³/mol. The van der Waals surface area contributed by atoms with Gasteiger partial charge in [0.05, 0.1) is 17.7 Å². The van der Waals surface area contributed by atoms with Gasteiger partial charge in [0.15, 0.2) is 5.78 Å². The molecule has 1 N–H and O–H groups in total. The van der Waals surface area contributed by atoms with Gasteiger partial charge in [0.1, 0.15) is 18.1 Å². The Labute approximate surface area is 295 Å². The van der Waals surface area contributed by atoms with Crippen LogP contribution in [0.3, 0.4) is 0 Å². The van der Waals surface area contributed by atoms with Crippen molar-refractivity contribution in [3.63, 3.8) is 0 Å². The molecule has 50 heavy (non-hydrogen) atoms. The van der Waals surface area contributed by atoms with Gasteiger partial charge < -0.3 is 19.2 Å². The number of carbonyl (C=O) groups excluding carboxylic acids is 1. The number of para-hydroxylation sites is 1. The molecule has 1 unspecified atom stereocenters. The van der Waals surface area contributed by atoms with Crippen LogP contribution in [0, 0.1) is 26.7 Å². The van der Waals surface area contributed by atoms with Gasteiger partial charge in [-0.3, -0.25) is 4.79 Å². The molecule has 0 aliphatic rings. The van der Waals surface area contributed by atoms with E-state index in [0.717, 1.165) is 74.2 Å². The second kappa shape index (κ2) is 15.3. The van der Waals surface area contributed by atoms with E-state index >= 15 is 0 Å². The number of fused-ring (bicyclic) bond motifs is 5. The Morgan fingerprint density at radius 3 is 2.24 bits per heavy atom. The van der Waals surface area contributed by atoms with Crippen LogP contribution < -0.4 is 4.74 Å². The highest BCUT2D eigenvalue weighted by molar-refractivity contribution is 6.28. The summed E-state index contributed by atoms with van der Waals surface area (Å²) < 4.78 is 13.6. The van der Waals surface area contributed by atoms with Crippen molar-refractivity contribution < 1.29 is 19.5 Å². The fourth-order valence-corrected chi connectivity index (χ4v) is 7.63. The number of ketones is 1. The van der Waals surface area contributed by atoms with Crippen LogP contribution in [0.4, 0.5) is 0 Å². The summed E-state index contributed by atoms with van der Waals surface area (Å²) in [4.78, 5) is 14.2. The summed E-state index contributed by atoms with van der Waals surface area (Å²) in [6.07, 6.45) is 4.60. The van der Waals surface area contributed by atoms with Crippen molar-refractivity contribution >= 4 is 44.1 Å². The molecule has 0 aliphatic carbocycles. The molecule has 5 aromatic carbocycles. The van der Waals surface area contributed by atoms with Gasteiger partial charge in [-0.15, -0.1) is 0 Å². The minimum Gasteiger partial charge on any atom is -0.490 e. The van der Waals surface area contributed by atoms with E-state index in [0.29, 0.717) is 41.7 Å². The third kappa shape index (κ3) is 6.65. The summed E-state index contributed by atoms with van der Waals surface area (Å²) >= 11 is 0. The number of hydrogen-bond acceptors (Lipinski definition) is 5. The number of aryl methyl sites for hydroxylation is 3. The molecule has 0 radical (unpaired) electrons. The predicted octanol–water partition coefficient (Wildman–Crippen LogP) is 10.6. The number of oxime groups is 1. The number of ether oxygens (including phenoxy) is 2. The molecule has 0 aliphatic heterocycles. The molecule has 0 amide bonds. The van der Waals surface area contributed by atoms with Gasteiger partial charge in [0.25, 0.3) is 0 Å². The Morgan fingerprint density at radius 2 is 1.54 bits per heavy atom. The first-order valence-electron chi connectivity index (χ1n) is 17.8. The summed E-state index contributed by atoms with van der Waals surface area (Å²) in [5.74, 6) is 0.955. The zero-order chi connectivity index (χ0) is 35.4. The lowest BCUT2D eigenvalue weighted by atomic mass is 9.89. The summed E-state index contributed by atoms with van der Waals surface area (Å²) in [6.45, 7) is 12.4. The summed E-state index contributed by atoms with van der Waals surface area (Å²) in [6, 6.07) is 28.3. The molecule has 6 aromatic rings. The van der Waals surface area contributed by atoms with Crippen LogP contribution in [0.25, 0.3) is 32.6 Å². The third-order valence-corrected chi connectivity index (χ3v) is 10.1. The van der Waals surface area contributed by atoms with Crippen LogP contribution in [0.2, 0.25) is 0 Å². The van der Waals surface area contributed by atoms with Gasteiger partial charge >= 0.3 is 0 Å². The van der Waals surface area contributed by atoms with Crippen molar-refractivity contribution in [2.24, 2.45) is 11.1 Å². The Hall–Kier alpha value is -4.94. The maximum atomic E-state index is 14.2. The standard InChI is InChI=1S/C44H48N2O4/c1-7-9-14-31(8-2)27-46-39-20-19-32(44(47)35-17-12-13-18-40(35)50-22-21-49-6)25-36(39)38-26-37(33-15-10-11-16-34(33)43(38)46)42(45-48)41-29(4)23-28(3)24-30(41)5/h10-13,15-20,23-26,31,48H,7-9,14,21-22,27H2,1-6H3. The number of hydrogen-bond donors (Lipinski definition) is 1. The van der Waals surface area contributed by atoms with Crippen molar-refractivity contribution in [3.05, 3.63) is 124 Å². The average molecular weight is 669 g/mol. The monoisotopic (exact) mass is 668 g/mol. The number of aromatic nitrogens is 1. The smallest absolute Gasteiger partial charge is 0.196 e. The van der Waals surface area contributed by atoms with Gasteiger partial charge in [-0.1, -0.05) is 92.4 Å². The molecular weight excluding hydrogens is 620 g/mol. The molecule has 0 fully saturated rings. The molecular formula is C44H48N2O4. The molecule has 258 valence electrons. The zero-order valence-electron chi connectivity index (χ0n) is 30.2. The normalized spacial score (nSPS) is 12.6. The van der Waals surface area contributed by atoms with Crippen LogP contribution >= 0.6 is 0 Å². The van der Waals surface area contributed by atoms with Crippen molar-refractivity contribution in [3.8, 4) is 5.75 Å². The van der Waals surface area contributed by atoms with Crippen molar-refractivity contribution in [1.29, 1.82) is 0 Å². The van der Waals surface area contributed by atoms with Gasteiger partial charge in [-0.25, -0.2) is 0 Å². The summed E-state index contributed by atoms with van der Waals surface area (Å²) in [7, 11) is 1.63. The van der Waals surface area contributed by atoms with Crippen LogP contribution in [0.1, 0.15) is 83.3 Å². The average Bonchev–Trinajstić information content (AvgIpc) is 3.43. The number of methoxy groups -OCH3 is 1. The third-order valence-electron chi connectivity index (χ3n) is 10.1. The van der Waals surface area contributed by atoms with E-state index in [1.165, 1.54) is 18.4 Å². The Balaban J connectivity index is 1.62. The van der Waals surface area contributed by atoms with Crippen molar-refractivity contribution in [2.45, 2.75) is 66.8 Å². The quantitative estimate of drug-likeness (QED) is 0.0412. The largest absolute Gasteiger partial charge is 0.490 e. The topological polar surface area (TPSA) is 73.0 Å². The molecule has 1 aromatic heterocycles. The Bertz CT molecular complexity index is 2190. The number of rotatable bonds is 14. The Morgan fingerprint density at radius 1 is 0.820 bits per heavy atom. The Kier molecular flexibility index (Phi) is 10.7. The maximum Gasteiger partial charge on any atom is 0.196 e. The SMILES string of the molecule is CCCCC(CC)Cn1c2ccc(C(=O)c3ccccc3OCCOC)cc2c2cc(C(=NO)c3c(C)cc(C)cc3C)c3ccccc3c21. The molecule has 6 nitrogen and oxygen atoms in total. The van der Waals surface area contributed by atoms with Gasteiger partial charge in [-0.2, -0.15) is 0 Å². The molecule has 6 heteroatoms. The number of carbonyl (C=O) groups is 1. The van der Waals surface area contributed by atoms with E-state index in [9.17, 15) is 10.0 Å². The van der Waals surface area contributed by atoms with E-state index < -0.39 is 0 Å². The number of unbranched alkanes of at least 4 members (excludes halogenated alkanes) is 1.